The van der Waals surface area contributed by atoms with Crippen molar-refractivity contribution < 1.29 is 9.53 Å². The predicted molar refractivity (Wildman–Crippen MR) is 65.4 cm³/mol. The maximum atomic E-state index is 11.5. The van der Waals surface area contributed by atoms with Gasteiger partial charge in [-0.3, -0.25) is 4.79 Å². The Bertz CT molecular complexity index is 350. The Kier molecular flexibility index (Phi) is 4.19. The molecule has 0 N–H and O–H groups in total. The molecule has 1 unspecified atom stereocenters. The van der Waals surface area contributed by atoms with Crippen LogP contribution in [0.2, 0.25) is 0 Å². The van der Waals surface area contributed by atoms with Gasteiger partial charge in [0.25, 0.3) is 0 Å². The Morgan fingerprint density at radius 1 is 1.57 bits per heavy atom. The molecule has 0 saturated carbocycles. The van der Waals surface area contributed by atoms with Crippen molar-refractivity contribution in [2.24, 2.45) is 0 Å². The fourth-order valence-corrected chi connectivity index (χ4v) is 1.91. The minimum absolute atomic E-state index is 0.0627. The van der Waals surface area contributed by atoms with Crippen molar-refractivity contribution in [1.29, 1.82) is 0 Å². The van der Waals surface area contributed by atoms with Crippen molar-refractivity contribution in [2.45, 2.75) is 12.3 Å². The van der Waals surface area contributed by atoms with Crippen molar-refractivity contribution in [3.63, 3.8) is 0 Å². The van der Waals surface area contributed by atoms with Crippen LogP contribution in [0.5, 0.6) is 5.75 Å². The summed E-state index contributed by atoms with van der Waals surface area (Å²) in [7, 11) is 1.60. The molecular formula is C10H10ClIO2. The zero-order valence-corrected chi connectivity index (χ0v) is 10.8. The van der Waals surface area contributed by atoms with Gasteiger partial charge in [-0.25, -0.2) is 0 Å². The number of halogens is 2. The van der Waals surface area contributed by atoms with Crippen LogP contribution >= 0.6 is 34.2 Å². The molecule has 0 radical (unpaired) electrons. The molecular weight excluding hydrogens is 314 g/mol. The number of carbonyl (C=O) groups is 1. The number of ketones is 1. The number of rotatable bonds is 3. The van der Waals surface area contributed by atoms with E-state index in [0.29, 0.717) is 5.56 Å². The van der Waals surface area contributed by atoms with E-state index in [4.69, 9.17) is 16.3 Å². The Labute approximate surface area is 102 Å². The Morgan fingerprint density at radius 2 is 2.21 bits per heavy atom. The van der Waals surface area contributed by atoms with Gasteiger partial charge in [-0.05, 0) is 47.7 Å². The summed E-state index contributed by atoms with van der Waals surface area (Å²) in [6.07, 6.45) is 0. The molecule has 1 rings (SSSR count). The Balaban J connectivity index is 3.03. The molecule has 0 aliphatic heterocycles. The summed E-state index contributed by atoms with van der Waals surface area (Å²) in [6, 6.07) is 5.27. The van der Waals surface area contributed by atoms with Gasteiger partial charge in [0.15, 0.2) is 5.78 Å². The topological polar surface area (TPSA) is 26.3 Å². The molecule has 0 aromatic heterocycles. The minimum atomic E-state index is -0.487. The lowest BCUT2D eigenvalue weighted by Crippen LogP contribution is -2.10. The lowest BCUT2D eigenvalue weighted by Gasteiger charge is -2.06. The number of ether oxygens (including phenoxy) is 1. The van der Waals surface area contributed by atoms with Gasteiger partial charge in [0.05, 0.1) is 16.1 Å². The van der Waals surface area contributed by atoms with Crippen molar-refractivity contribution >= 4 is 40.0 Å². The molecule has 0 spiro atoms. The van der Waals surface area contributed by atoms with Crippen molar-refractivity contribution in [3.8, 4) is 5.75 Å². The number of alkyl halides is 1. The quantitative estimate of drug-likeness (QED) is 0.485. The second-order valence-electron chi connectivity index (χ2n) is 2.83. The Morgan fingerprint density at radius 3 is 2.64 bits per heavy atom. The molecule has 4 heteroatoms. The summed E-state index contributed by atoms with van der Waals surface area (Å²) in [6.45, 7) is 1.67. The number of methoxy groups -OCH3 is 1. The van der Waals surface area contributed by atoms with Crippen LogP contribution in [0.4, 0.5) is 0 Å². The predicted octanol–water partition coefficient (Wildman–Crippen LogP) is 3.11. The molecule has 0 aliphatic rings. The van der Waals surface area contributed by atoms with Gasteiger partial charge in [0.2, 0.25) is 0 Å². The monoisotopic (exact) mass is 324 g/mol. The maximum Gasteiger partial charge on any atom is 0.180 e. The van der Waals surface area contributed by atoms with Crippen molar-refractivity contribution in [3.05, 3.63) is 27.3 Å². The van der Waals surface area contributed by atoms with Gasteiger partial charge >= 0.3 is 0 Å². The lowest BCUT2D eigenvalue weighted by atomic mass is 10.1. The Hall–Kier alpha value is -0.290. The van der Waals surface area contributed by atoms with Crippen molar-refractivity contribution in [2.75, 3.05) is 7.11 Å². The van der Waals surface area contributed by atoms with E-state index in [9.17, 15) is 4.79 Å². The van der Waals surface area contributed by atoms with Crippen LogP contribution in [-0.2, 0) is 0 Å². The number of hydrogen-bond acceptors (Lipinski definition) is 2. The van der Waals surface area contributed by atoms with Crippen molar-refractivity contribution in [1.82, 2.24) is 0 Å². The average Bonchev–Trinajstić information content (AvgIpc) is 2.16. The molecule has 76 valence electrons. The van der Waals surface area contributed by atoms with Crippen LogP contribution in [0.3, 0.4) is 0 Å². The van der Waals surface area contributed by atoms with Crippen LogP contribution in [0, 0.1) is 3.57 Å². The molecule has 0 aliphatic carbocycles. The number of Topliss-reactive ketones (excluding diaryl/α,β-unsaturated/α-hetero) is 1. The third-order valence-electron chi connectivity index (χ3n) is 1.80. The highest BCUT2D eigenvalue weighted by Crippen LogP contribution is 2.22. The first-order valence-corrected chi connectivity index (χ1v) is 5.59. The molecule has 1 aromatic rings. The molecule has 1 aromatic carbocycles. The highest BCUT2D eigenvalue weighted by molar-refractivity contribution is 14.1. The summed E-state index contributed by atoms with van der Waals surface area (Å²) in [5.41, 5.74) is 0.623. The first-order valence-electron chi connectivity index (χ1n) is 4.08. The number of hydrogen-bond donors (Lipinski definition) is 0. The zero-order valence-electron chi connectivity index (χ0n) is 7.88. The van der Waals surface area contributed by atoms with Crippen LogP contribution in [0.1, 0.15) is 17.3 Å². The highest BCUT2D eigenvalue weighted by Gasteiger charge is 2.13. The van der Waals surface area contributed by atoms with Crippen LogP contribution in [0.15, 0.2) is 18.2 Å². The summed E-state index contributed by atoms with van der Waals surface area (Å²) in [5.74, 6) is 0.705. The smallest absolute Gasteiger partial charge is 0.180 e. The van der Waals surface area contributed by atoms with E-state index in [1.165, 1.54) is 0 Å². The zero-order chi connectivity index (χ0) is 10.7. The van der Waals surface area contributed by atoms with Gasteiger partial charge < -0.3 is 4.74 Å². The second-order valence-corrected chi connectivity index (χ2v) is 4.65. The molecule has 0 saturated heterocycles. The third-order valence-corrected chi connectivity index (χ3v) is 2.84. The maximum absolute atomic E-state index is 11.5. The molecule has 0 amide bonds. The van der Waals surface area contributed by atoms with Gasteiger partial charge in [-0.1, -0.05) is 0 Å². The number of benzene rings is 1. The van der Waals surface area contributed by atoms with E-state index in [0.717, 1.165) is 9.32 Å². The van der Waals surface area contributed by atoms with Gasteiger partial charge in [-0.2, -0.15) is 0 Å². The van der Waals surface area contributed by atoms with Gasteiger partial charge in [0.1, 0.15) is 5.75 Å². The fraction of sp³-hybridized carbons (Fsp3) is 0.300. The van der Waals surface area contributed by atoms with E-state index < -0.39 is 5.38 Å². The van der Waals surface area contributed by atoms with E-state index in [2.05, 4.69) is 22.6 Å². The van der Waals surface area contributed by atoms with E-state index in [-0.39, 0.29) is 5.78 Å². The molecule has 0 fully saturated rings. The molecule has 14 heavy (non-hydrogen) atoms. The molecule has 1 atom stereocenters. The van der Waals surface area contributed by atoms with E-state index in [1.807, 2.05) is 0 Å². The van der Waals surface area contributed by atoms with Gasteiger partial charge in [0, 0.05) is 5.56 Å². The number of carbonyl (C=O) groups excluding carboxylic acids is 1. The second kappa shape index (κ2) is 4.98. The first-order chi connectivity index (χ1) is 6.56. The standard InChI is InChI=1S/C10H10ClIO2/c1-6(11)10(13)7-3-4-9(14-2)8(12)5-7/h3-6H,1-2H3. The van der Waals surface area contributed by atoms with Crippen LogP contribution in [-0.4, -0.2) is 18.3 Å². The van der Waals surface area contributed by atoms with Crippen LogP contribution in [0.25, 0.3) is 0 Å². The first kappa shape index (κ1) is 11.8. The molecule has 0 heterocycles. The average molecular weight is 325 g/mol. The lowest BCUT2D eigenvalue weighted by molar-refractivity contribution is 0.0991. The highest BCUT2D eigenvalue weighted by atomic mass is 127. The fourth-order valence-electron chi connectivity index (χ4n) is 1.05. The van der Waals surface area contributed by atoms with Crippen LogP contribution < -0.4 is 4.74 Å². The SMILES string of the molecule is COc1ccc(C(=O)C(C)Cl)cc1I. The normalized spacial score (nSPS) is 12.3. The summed E-state index contributed by atoms with van der Waals surface area (Å²) < 4.78 is 6.00. The van der Waals surface area contributed by atoms with E-state index >= 15 is 0 Å². The summed E-state index contributed by atoms with van der Waals surface area (Å²) >= 11 is 7.83. The van der Waals surface area contributed by atoms with Gasteiger partial charge in [-0.15, -0.1) is 11.6 Å². The molecule has 0 bridgehead atoms. The summed E-state index contributed by atoms with van der Waals surface area (Å²) in [4.78, 5) is 11.5. The largest absolute Gasteiger partial charge is 0.496 e. The third kappa shape index (κ3) is 2.60. The molecule has 2 nitrogen and oxygen atoms in total. The summed E-state index contributed by atoms with van der Waals surface area (Å²) in [5, 5.41) is -0.487. The van der Waals surface area contributed by atoms with E-state index in [1.54, 1.807) is 32.2 Å². The minimum Gasteiger partial charge on any atom is -0.496 e.